The second-order valence-electron chi connectivity index (χ2n) is 5.24. The van der Waals surface area contributed by atoms with Crippen molar-refractivity contribution in [1.29, 1.82) is 0 Å². The van der Waals surface area contributed by atoms with Crippen LogP contribution in [0.4, 0.5) is 0 Å². The summed E-state index contributed by atoms with van der Waals surface area (Å²) in [5.41, 5.74) is 0. The molecular weight excluding hydrogens is 200 g/mol. The molecule has 3 nitrogen and oxygen atoms in total. The lowest BCUT2D eigenvalue weighted by Crippen LogP contribution is -2.45. The molecule has 94 valence electrons. The molecule has 1 aliphatic heterocycles. The maximum absolute atomic E-state index is 5.50. The molecule has 2 aliphatic rings. The van der Waals surface area contributed by atoms with E-state index in [0.29, 0.717) is 6.04 Å². The van der Waals surface area contributed by atoms with E-state index in [4.69, 9.17) is 4.74 Å². The number of nitrogens with zero attached hydrogens (tertiary/aromatic N) is 1. The lowest BCUT2D eigenvalue weighted by Gasteiger charge is -2.30. The molecule has 0 aromatic carbocycles. The smallest absolute Gasteiger partial charge is 0.0510 e. The molecule has 16 heavy (non-hydrogen) atoms. The predicted octanol–water partition coefficient (Wildman–Crippen LogP) is 1.49. The van der Waals surface area contributed by atoms with Crippen LogP contribution in [0.2, 0.25) is 0 Å². The lowest BCUT2D eigenvalue weighted by molar-refractivity contribution is 0.160. The molecule has 1 saturated heterocycles. The van der Waals surface area contributed by atoms with Crippen molar-refractivity contribution in [2.75, 3.05) is 33.4 Å². The molecule has 1 aliphatic carbocycles. The first-order valence-electron chi connectivity index (χ1n) is 6.84. The quantitative estimate of drug-likeness (QED) is 0.712. The van der Waals surface area contributed by atoms with Gasteiger partial charge in [-0.05, 0) is 39.3 Å². The van der Waals surface area contributed by atoms with Crippen molar-refractivity contribution in [3.8, 4) is 0 Å². The van der Waals surface area contributed by atoms with E-state index >= 15 is 0 Å². The maximum Gasteiger partial charge on any atom is 0.0510 e. The minimum absolute atomic E-state index is 0.620. The first-order valence-corrected chi connectivity index (χ1v) is 6.84. The molecule has 1 saturated carbocycles. The molecule has 0 radical (unpaired) electrons. The number of ether oxygens (including phenoxy) is 1. The van der Waals surface area contributed by atoms with E-state index in [2.05, 4.69) is 24.2 Å². The van der Waals surface area contributed by atoms with Crippen molar-refractivity contribution in [2.24, 2.45) is 5.92 Å². The average molecular weight is 226 g/mol. The molecule has 2 rings (SSSR count). The van der Waals surface area contributed by atoms with Crippen molar-refractivity contribution in [1.82, 2.24) is 10.2 Å². The Morgan fingerprint density at radius 1 is 1.38 bits per heavy atom. The fraction of sp³-hybridized carbons (Fsp3) is 1.00. The number of hydrogen-bond acceptors (Lipinski definition) is 3. The highest BCUT2D eigenvalue weighted by atomic mass is 16.5. The minimum Gasteiger partial charge on any atom is -0.381 e. The highest BCUT2D eigenvalue weighted by Gasteiger charge is 2.32. The van der Waals surface area contributed by atoms with Gasteiger partial charge in [0.1, 0.15) is 0 Å². The van der Waals surface area contributed by atoms with E-state index in [1.807, 2.05) is 0 Å². The third-order valence-corrected chi connectivity index (χ3v) is 3.91. The van der Waals surface area contributed by atoms with E-state index in [-0.39, 0.29) is 0 Å². The number of likely N-dealkylation sites (N-methyl/N-ethyl adjacent to an activating group) is 1. The highest BCUT2D eigenvalue weighted by molar-refractivity contribution is 4.89. The molecule has 2 atom stereocenters. The van der Waals surface area contributed by atoms with Gasteiger partial charge >= 0.3 is 0 Å². The third kappa shape index (κ3) is 3.19. The molecule has 0 bridgehead atoms. The Hall–Kier alpha value is -0.120. The minimum atomic E-state index is 0.620. The summed E-state index contributed by atoms with van der Waals surface area (Å²) in [6, 6.07) is 1.51. The van der Waals surface area contributed by atoms with E-state index < -0.39 is 0 Å². The number of hydrogen-bond donors (Lipinski definition) is 1. The first kappa shape index (κ1) is 12.3. The first-order chi connectivity index (χ1) is 7.85. The Labute approximate surface area is 99.5 Å². The van der Waals surface area contributed by atoms with Gasteiger partial charge in [0.15, 0.2) is 0 Å². The summed E-state index contributed by atoms with van der Waals surface area (Å²) in [7, 11) is 2.10. The number of rotatable bonds is 7. The van der Waals surface area contributed by atoms with E-state index in [9.17, 15) is 0 Å². The largest absolute Gasteiger partial charge is 0.381 e. The Morgan fingerprint density at radius 2 is 2.19 bits per heavy atom. The van der Waals surface area contributed by atoms with Crippen LogP contribution in [-0.4, -0.2) is 50.3 Å². The second kappa shape index (κ2) is 5.99. The van der Waals surface area contributed by atoms with Gasteiger partial charge in [-0.2, -0.15) is 0 Å². The number of nitrogens with one attached hydrogen (secondary N) is 1. The van der Waals surface area contributed by atoms with Crippen molar-refractivity contribution in [2.45, 2.75) is 44.7 Å². The Balaban J connectivity index is 1.82. The zero-order valence-corrected chi connectivity index (χ0v) is 10.7. The normalized spacial score (nSPS) is 27.6. The topological polar surface area (TPSA) is 24.5 Å². The Kier molecular flexibility index (Phi) is 4.62. The van der Waals surface area contributed by atoms with Gasteiger partial charge in [-0.25, -0.2) is 0 Å². The summed E-state index contributed by atoms with van der Waals surface area (Å²) >= 11 is 0. The van der Waals surface area contributed by atoms with Crippen molar-refractivity contribution in [3.63, 3.8) is 0 Å². The molecule has 0 aromatic rings. The zero-order chi connectivity index (χ0) is 11.4. The van der Waals surface area contributed by atoms with Crippen molar-refractivity contribution >= 4 is 0 Å². The maximum atomic E-state index is 5.50. The van der Waals surface area contributed by atoms with Gasteiger partial charge in [0, 0.05) is 31.2 Å². The summed E-state index contributed by atoms with van der Waals surface area (Å²) in [5.74, 6) is 0.725. The average Bonchev–Trinajstić information content (AvgIpc) is 3.00. The summed E-state index contributed by atoms with van der Waals surface area (Å²) in [6.07, 6.45) is 5.33. The van der Waals surface area contributed by atoms with Gasteiger partial charge in [0.2, 0.25) is 0 Å². The zero-order valence-electron chi connectivity index (χ0n) is 10.7. The van der Waals surface area contributed by atoms with Gasteiger partial charge in [-0.15, -0.1) is 0 Å². The van der Waals surface area contributed by atoms with Crippen LogP contribution in [0.25, 0.3) is 0 Å². The molecule has 0 spiro atoms. The summed E-state index contributed by atoms with van der Waals surface area (Å²) in [6.45, 7) is 6.66. The molecule has 1 N–H and O–H groups in total. The Bertz CT molecular complexity index is 200. The summed E-state index contributed by atoms with van der Waals surface area (Å²) in [4.78, 5) is 2.68. The van der Waals surface area contributed by atoms with Crippen LogP contribution >= 0.6 is 0 Å². The molecule has 2 fully saturated rings. The van der Waals surface area contributed by atoms with E-state index in [1.54, 1.807) is 0 Å². The van der Waals surface area contributed by atoms with Crippen molar-refractivity contribution in [3.05, 3.63) is 0 Å². The SMILES string of the molecule is CCCN(CC(NC)C1CCOC1)C1CC1. The standard InChI is InChI=1S/C13H26N2O/c1-3-7-15(12-4-5-12)9-13(14-2)11-6-8-16-10-11/h11-14H,3-10H2,1-2H3. The third-order valence-electron chi connectivity index (χ3n) is 3.91. The molecule has 1 heterocycles. The second-order valence-corrected chi connectivity index (χ2v) is 5.24. The van der Waals surface area contributed by atoms with Crippen LogP contribution in [0.3, 0.4) is 0 Å². The van der Waals surface area contributed by atoms with Gasteiger partial charge in [0.05, 0.1) is 6.61 Å². The predicted molar refractivity (Wildman–Crippen MR) is 66.7 cm³/mol. The monoisotopic (exact) mass is 226 g/mol. The van der Waals surface area contributed by atoms with Gasteiger partial charge in [0.25, 0.3) is 0 Å². The van der Waals surface area contributed by atoms with E-state index in [1.165, 1.54) is 38.8 Å². The fourth-order valence-corrected chi connectivity index (χ4v) is 2.75. The van der Waals surface area contributed by atoms with Gasteiger partial charge in [-0.1, -0.05) is 6.92 Å². The van der Waals surface area contributed by atoms with Crippen LogP contribution < -0.4 is 5.32 Å². The molecule has 2 unspecified atom stereocenters. The van der Waals surface area contributed by atoms with Gasteiger partial charge < -0.3 is 10.1 Å². The molecular formula is C13H26N2O. The highest BCUT2D eigenvalue weighted by Crippen LogP contribution is 2.28. The summed E-state index contributed by atoms with van der Waals surface area (Å²) < 4.78 is 5.50. The van der Waals surface area contributed by atoms with Crippen LogP contribution in [0.5, 0.6) is 0 Å². The lowest BCUT2D eigenvalue weighted by atomic mass is 9.98. The fourth-order valence-electron chi connectivity index (χ4n) is 2.75. The molecule has 0 amide bonds. The van der Waals surface area contributed by atoms with Crippen LogP contribution in [-0.2, 0) is 4.74 Å². The molecule has 3 heteroatoms. The van der Waals surface area contributed by atoms with Crippen LogP contribution in [0.15, 0.2) is 0 Å². The Morgan fingerprint density at radius 3 is 2.69 bits per heavy atom. The van der Waals surface area contributed by atoms with E-state index in [0.717, 1.165) is 25.2 Å². The van der Waals surface area contributed by atoms with Crippen LogP contribution in [0.1, 0.15) is 32.6 Å². The molecule has 0 aromatic heterocycles. The van der Waals surface area contributed by atoms with Crippen LogP contribution in [0, 0.1) is 5.92 Å². The van der Waals surface area contributed by atoms with Crippen molar-refractivity contribution < 1.29 is 4.74 Å². The van der Waals surface area contributed by atoms with Gasteiger partial charge in [-0.3, -0.25) is 4.90 Å². The summed E-state index contributed by atoms with van der Waals surface area (Å²) in [5, 5.41) is 3.49.